The number of fused-ring (bicyclic) bond motifs is 1. The van der Waals surface area contributed by atoms with Crippen molar-refractivity contribution < 1.29 is 0 Å². The topological polar surface area (TPSA) is 41.6 Å². The van der Waals surface area contributed by atoms with E-state index in [1.807, 2.05) is 26.2 Å². The maximum absolute atomic E-state index is 6.25. The van der Waals surface area contributed by atoms with Crippen molar-refractivity contribution in [1.82, 2.24) is 15.0 Å². The Balaban J connectivity index is 2.69. The summed E-state index contributed by atoms with van der Waals surface area (Å²) in [7, 11) is 0. The Morgan fingerprint density at radius 1 is 1.47 bits per heavy atom. The summed E-state index contributed by atoms with van der Waals surface area (Å²) in [6.07, 6.45) is 3.67. The number of aromatic amines is 1. The molecule has 0 aliphatic rings. The molecule has 0 bridgehead atoms. The number of thioether (sulfide) groups is 1. The molecule has 2 aromatic rings. The predicted molar refractivity (Wildman–Crippen MR) is 64.5 cm³/mol. The molecule has 5 heteroatoms. The Hall–Kier alpha value is -0.740. The maximum Gasteiger partial charge on any atom is 0.124 e. The van der Waals surface area contributed by atoms with Gasteiger partial charge in [0.05, 0.1) is 22.4 Å². The summed E-state index contributed by atoms with van der Waals surface area (Å²) < 4.78 is 0. The highest BCUT2D eigenvalue weighted by Crippen LogP contribution is 2.31. The molecule has 0 saturated heterocycles. The monoisotopic (exact) mass is 241 g/mol. The van der Waals surface area contributed by atoms with Crippen LogP contribution in [0, 0.1) is 0 Å². The van der Waals surface area contributed by atoms with Crippen molar-refractivity contribution >= 4 is 34.4 Å². The van der Waals surface area contributed by atoms with E-state index in [1.165, 1.54) is 0 Å². The van der Waals surface area contributed by atoms with E-state index < -0.39 is 4.87 Å². The molecule has 2 heterocycles. The number of hydrogen-bond acceptors (Lipinski definition) is 3. The van der Waals surface area contributed by atoms with Crippen LogP contribution in [0.4, 0.5) is 0 Å². The van der Waals surface area contributed by atoms with Gasteiger partial charge in [0, 0.05) is 0 Å². The van der Waals surface area contributed by atoms with Gasteiger partial charge in [-0.05, 0) is 26.2 Å². The number of nitrogens with zero attached hydrogens (tertiary/aromatic N) is 2. The summed E-state index contributed by atoms with van der Waals surface area (Å²) in [4.78, 5) is 11.4. The number of rotatable bonds is 2. The first-order valence-electron chi connectivity index (χ1n) is 4.60. The number of alkyl halides is 1. The second kappa shape index (κ2) is 3.68. The van der Waals surface area contributed by atoms with Crippen LogP contribution in [-0.2, 0) is 4.87 Å². The number of halogens is 1. The highest BCUT2D eigenvalue weighted by atomic mass is 35.5. The lowest BCUT2D eigenvalue weighted by atomic mass is 10.1. The molecule has 0 atom stereocenters. The number of pyridine rings is 1. The van der Waals surface area contributed by atoms with Crippen molar-refractivity contribution in [3.05, 3.63) is 18.1 Å². The van der Waals surface area contributed by atoms with Gasteiger partial charge in [0.1, 0.15) is 10.5 Å². The highest BCUT2D eigenvalue weighted by Gasteiger charge is 2.20. The normalized spacial score (nSPS) is 12.3. The van der Waals surface area contributed by atoms with Crippen molar-refractivity contribution in [1.29, 1.82) is 0 Å². The fraction of sp³-hybridized carbons (Fsp3) is 0.400. The zero-order valence-electron chi connectivity index (χ0n) is 8.84. The number of hydrogen-bond donors (Lipinski definition) is 1. The van der Waals surface area contributed by atoms with Gasteiger partial charge in [-0.1, -0.05) is 0 Å². The molecule has 15 heavy (non-hydrogen) atoms. The summed E-state index contributed by atoms with van der Waals surface area (Å²) in [6, 6.07) is 1.95. The van der Waals surface area contributed by atoms with Gasteiger partial charge in [0.15, 0.2) is 0 Å². The molecular formula is C10H12ClN3S. The van der Waals surface area contributed by atoms with E-state index in [0.717, 1.165) is 21.8 Å². The molecular weight excluding hydrogens is 230 g/mol. The average Bonchev–Trinajstić information content (AvgIpc) is 2.62. The van der Waals surface area contributed by atoms with Crippen LogP contribution in [0.2, 0.25) is 0 Å². The Bertz CT molecular complexity index is 487. The van der Waals surface area contributed by atoms with Crippen LogP contribution in [0.25, 0.3) is 11.0 Å². The van der Waals surface area contributed by atoms with Crippen LogP contribution >= 0.6 is 23.4 Å². The van der Waals surface area contributed by atoms with Gasteiger partial charge in [-0.3, -0.25) is 0 Å². The molecule has 2 rings (SSSR count). The molecule has 0 radical (unpaired) electrons. The first kappa shape index (κ1) is 10.8. The maximum atomic E-state index is 6.25. The lowest BCUT2D eigenvalue weighted by Gasteiger charge is -2.15. The third kappa shape index (κ3) is 1.96. The summed E-state index contributed by atoms with van der Waals surface area (Å²) in [5, 5.41) is 0.914. The molecule has 0 spiro atoms. The van der Waals surface area contributed by atoms with Crippen molar-refractivity contribution in [3.63, 3.8) is 0 Å². The number of nitrogens with one attached hydrogen (secondary N) is 1. The van der Waals surface area contributed by atoms with Crippen molar-refractivity contribution in [2.45, 2.75) is 23.7 Å². The average molecular weight is 242 g/mol. The molecule has 2 aromatic heterocycles. The minimum atomic E-state index is -0.455. The van der Waals surface area contributed by atoms with Crippen LogP contribution in [0.5, 0.6) is 0 Å². The predicted octanol–water partition coefficient (Wildman–Crippen LogP) is 3.15. The summed E-state index contributed by atoms with van der Waals surface area (Å²) in [6.45, 7) is 3.87. The number of H-pyrrole nitrogens is 1. The molecule has 0 aromatic carbocycles. The van der Waals surface area contributed by atoms with Crippen LogP contribution in [-0.4, -0.2) is 21.2 Å². The lowest BCUT2D eigenvalue weighted by Crippen LogP contribution is -2.10. The minimum Gasteiger partial charge on any atom is -0.344 e. The van der Waals surface area contributed by atoms with E-state index in [2.05, 4.69) is 15.0 Å². The van der Waals surface area contributed by atoms with Gasteiger partial charge < -0.3 is 4.98 Å². The van der Waals surface area contributed by atoms with Crippen molar-refractivity contribution in [2.75, 3.05) is 6.26 Å². The van der Waals surface area contributed by atoms with Crippen molar-refractivity contribution in [2.24, 2.45) is 0 Å². The third-order valence-corrected chi connectivity index (χ3v) is 3.04. The van der Waals surface area contributed by atoms with E-state index in [4.69, 9.17) is 11.6 Å². The summed E-state index contributed by atoms with van der Waals surface area (Å²) in [5.74, 6) is 0. The summed E-state index contributed by atoms with van der Waals surface area (Å²) in [5.41, 5.74) is 2.76. The Kier molecular flexibility index (Phi) is 2.64. The Labute approximate surface area is 97.6 Å². The summed E-state index contributed by atoms with van der Waals surface area (Å²) >= 11 is 7.83. The number of imidazole rings is 1. The van der Waals surface area contributed by atoms with E-state index in [9.17, 15) is 0 Å². The smallest absolute Gasteiger partial charge is 0.124 e. The minimum absolute atomic E-state index is 0.455. The van der Waals surface area contributed by atoms with E-state index in [1.54, 1.807) is 18.1 Å². The zero-order valence-corrected chi connectivity index (χ0v) is 10.4. The molecule has 0 fully saturated rings. The third-order valence-electron chi connectivity index (χ3n) is 2.18. The Morgan fingerprint density at radius 3 is 2.80 bits per heavy atom. The zero-order chi connectivity index (χ0) is 11.1. The van der Waals surface area contributed by atoms with Gasteiger partial charge in [0.2, 0.25) is 0 Å². The van der Waals surface area contributed by atoms with Gasteiger partial charge in [0.25, 0.3) is 0 Å². The van der Waals surface area contributed by atoms with E-state index >= 15 is 0 Å². The van der Waals surface area contributed by atoms with Crippen LogP contribution in [0.1, 0.15) is 19.5 Å². The second-order valence-corrected chi connectivity index (χ2v) is 5.53. The molecule has 80 valence electrons. The number of aromatic nitrogens is 3. The molecule has 3 nitrogen and oxygen atoms in total. The van der Waals surface area contributed by atoms with E-state index in [-0.39, 0.29) is 0 Å². The standard InChI is InChI=1S/C10H12ClN3S/c1-10(2,11)7-4-6-8(13-5-12-6)9(14-7)15-3/h4-5H,1-3H3,(H,12,13). The van der Waals surface area contributed by atoms with E-state index in [0.29, 0.717) is 0 Å². The van der Waals surface area contributed by atoms with Gasteiger partial charge in [-0.25, -0.2) is 9.97 Å². The van der Waals surface area contributed by atoms with Gasteiger partial charge in [-0.2, -0.15) is 0 Å². The van der Waals surface area contributed by atoms with Crippen LogP contribution < -0.4 is 0 Å². The molecule has 0 aliphatic heterocycles. The van der Waals surface area contributed by atoms with Gasteiger partial charge in [-0.15, -0.1) is 23.4 Å². The van der Waals surface area contributed by atoms with Gasteiger partial charge >= 0.3 is 0 Å². The first-order chi connectivity index (χ1) is 7.02. The highest BCUT2D eigenvalue weighted by molar-refractivity contribution is 7.98. The fourth-order valence-corrected chi connectivity index (χ4v) is 2.01. The SMILES string of the molecule is CSc1nc(C(C)(C)Cl)cc2[nH]cnc12. The molecule has 1 N–H and O–H groups in total. The Morgan fingerprint density at radius 2 is 2.20 bits per heavy atom. The van der Waals surface area contributed by atoms with Crippen LogP contribution in [0.15, 0.2) is 17.4 Å². The largest absolute Gasteiger partial charge is 0.344 e. The lowest BCUT2D eigenvalue weighted by molar-refractivity contribution is 0.723. The fourth-order valence-electron chi connectivity index (χ4n) is 1.36. The molecule has 0 aliphatic carbocycles. The quantitative estimate of drug-likeness (QED) is 0.649. The van der Waals surface area contributed by atoms with Crippen molar-refractivity contribution in [3.8, 4) is 0 Å². The first-order valence-corrected chi connectivity index (χ1v) is 6.20. The molecule has 0 unspecified atom stereocenters. The molecule has 0 amide bonds. The van der Waals surface area contributed by atoms with Crippen LogP contribution in [0.3, 0.4) is 0 Å². The molecule has 0 saturated carbocycles. The second-order valence-electron chi connectivity index (χ2n) is 3.79.